The lowest BCUT2D eigenvalue weighted by molar-refractivity contribution is -0.144. The standard InChI is InChI=1S/C17H26O3/c1-6-17(7-2,20-8-3)16(18)12-14-11-13(4)9-10-15(14)19-5/h9-11H,6-8,12H2,1-5H3. The van der Waals surface area contributed by atoms with Crippen molar-refractivity contribution >= 4 is 5.78 Å². The smallest absolute Gasteiger partial charge is 0.169 e. The summed E-state index contributed by atoms with van der Waals surface area (Å²) in [7, 11) is 1.63. The van der Waals surface area contributed by atoms with Crippen LogP contribution in [0.3, 0.4) is 0 Å². The van der Waals surface area contributed by atoms with Crippen molar-refractivity contribution in [3.05, 3.63) is 29.3 Å². The molecular formula is C17H26O3. The molecule has 0 unspecified atom stereocenters. The molecule has 0 heterocycles. The van der Waals surface area contributed by atoms with Gasteiger partial charge in [0.1, 0.15) is 11.4 Å². The van der Waals surface area contributed by atoms with E-state index in [4.69, 9.17) is 9.47 Å². The van der Waals surface area contributed by atoms with Crippen LogP contribution in [0.4, 0.5) is 0 Å². The lowest BCUT2D eigenvalue weighted by atomic mass is 9.87. The fraction of sp³-hybridized carbons (Fsp3) is 0.588. The van der Waals surface area contributed by atoms with Gasteiger partial charge in [-0.05, 0) is 32.8 Å². The van der Waals surface area contributed by atoms with Crippen LogP contribution in [0.15, 0.2) is 18.2 Å². The molecule has 0 aliphatic heterocycles. The van der Waals surface area contributed by atoms with E-state index >= 15 is 0 Å². The average molecular weight is 278 g/mol. The molecule has 0 amide bonds. The highest BCUT2D eigenvalue weighted by molar-refractivity contribution is 5.89. The summed E-state index contributed by atoms with van der Waals surface area (Å²) in [6.07, 6.45) is 1.75. The summed E-state index contributed by atoms with van der Waals surface area (Å²) >= 11 is 0. The summed E-state index contributed by atoms with van der Waals surface area (Å²) in [5.74, 6) is 0.898. The molecule has 0 N–H and O–H groups in total. The maximum absolute atomic E-state index is 12.7. The Labute approximate surface area is 122 Å². The van der Waals surface area contributed by atoms with E-state index in [1.54, 1.807) is 7.11 Å². The van der Waals surface area contributed by atoms with Crippen LogP contribution in [0.1, 0.15) is 44.7 Å². The number of ketones is 1. The van der Waals surface area contributed by atoms with Gasteiger partial charge in [-0.1, -0.05) is 31.5 Å². The van der Waals surface area contributed by atoms with Crippen LogP contribution in [0.5, 0.6) is 5.75 Å². The third-order valence-electron chi connectivity index (χ3n) is 3.86. The van der Waals surface area contributed by atoms with E-state index in [2.05, 4.69) is 0 Å². The molecule has 0 saturated carbocycles. The van der Waals surface area contributed by atoms with Gasteiger partial charge in [-0.3, -0.25) is 4.79 Å². The molecule has 1 aromatic carbocycles. The molecule has 0 spiro atoms. The van der Waals surface area contributed by atoms with Gasteiger partial charge >= 0.3 is 0 Å². The molecule has 1 rings (SSSR count). The zero-order valence-electron chi connectivity index (χ0n) is 13.3. The third kappa shape index (κ3) is 3.60. The lowest BCUT2D eigenvalue weighted by Gasteiger charge is -2.30. The number of aryl methyl sites for hydroxylation is 1. The summed E-state index contributed by atoms with van der Waals surface area (Å²) in [4.78, 5) is 12.7. The van der Waals surface area contributed by atoms with Crippen LogP contribution in [-0.2, 0) is 16.0 Å². The minimum atomic E-state index is -0.663. The fourth-order valence-electron chi connectivity index (χ4n) is 2.58. The van der Waals surface area contributed by atoms with Crippen molar-refractivity contribution in [2.75, 3.05) is 13.7 Å². The predicted molar refractivity (Wildman–Crippen MR) is 81.4 cm³/mol. The third-order valence-corrected chi connectivity index (χ3v) is 3.86. The van der Waals surface area contributed by atoms with Crippen LogP contribution in [0, 0.1) is 6.92 Å². The Morgan fingerprint density at radius 2 is 1.85 bits per heavy atom. The first kappa shape index (κ1) is 16.7. The molecule has 0 bridgehead atoms. The minimum absolute atomic E-state index is 0.133. The Balaban J connectivity index is 3.01. The number of Topliss-reactive ketones (excluding diaryl/α,β-unsaturated/α-hetero) is 1. The Morgan fingerprint density at radius 1 is 1.20 bits per heavy atom. The van der Waals surface area contributed by atoms with E-state index in [9.17, 15) is 4.79 Å². The highest BCUT2D eigenvalue weighted by Crippen LogP contribution is 2.27. The number of hydrogen-bond donors (Lipinski definition) is 0. The quantitative estimate of drug-likeness (QED) is 0.727. The van der Waals surface area contributed by atoms with Crippen molar-refractivity contribution in [2.45, 2.75) is 52.6 Å². The molecule has 0 aliphatic rings. The van der Waals surface area contributed by atoms with E-state index < -0.39 is 5.60 Å². The Morgan fingerprint density at radius 3 is 2.35 bits per heavy atom. The van der Waals surface area contributed by atoms with Crippen molar-refractivity contribution in [3.63, 3.8) is 0 Å². The lowest BCUT2D eigenvalue weighted by Crippen LogP contribution is -2.41. The van der Waals surface area contributed by atoms with Gasteiger partial charge in [0.2, 0.25) is 0 Å². The number of hydrogen-bond acceptors (Lipinski definition) is 3. The van der Waals surface area contributed by atoms with Crippen LogP contribution in [0.25, 0.3) is 0 Å². The van der Waals surface area contributed by atoms with Crippen LogP contribution >= 0.6 is 0 Å². The second kappa shape index (κ2) is 7.44. The molecular weight excluding hydrogens is 252 g/mol. The van der Waals surface area contributed by atoms with Crippen molar-refractivity contribution in [3.8, 4) is 5.75 Å². The SMILES string of the molecule is CCOC(CC)(CC)C(=O)Cc1cc(C)ccc1OC. The van der Waals surface area contributed by atoms with Crippen molar-refractivity contribution in [1.29, 1.82) is 0 Å². The molecule has 0 aromatic heterocycles. The number of carbonyl (C=O) groups is 1. The summed E-state index contributed by atoms with van der Waals surface area (Å²) < 4.78 is 11.1. The first-order chi connectivity index (χ1) is 9.52. The molecule has 0 radical (unpaired) electrons. The van der Waals surface area contributed by atoms with E-state index in [1.807, 2.05) is 45.9 Å². The number of rotatable bonds is 8. The topological polar surface area (TPSA) is 35.5 Å². The van der Waals surface area contributed by atoms with Crippen molar-refractivity contribution in [1.82, 2.24) is 0 Å². The van der Waals surface area contributed by atoms with Gasteiger partial charge in [0.05, 0.1) is 7.11 Å². The number of methoxy groups -OCH3 is 1. The van der Waals surface area contributed by atoms with Gasteiger partial charge in [-0.25, -0.2) is 0 Å². The van der Waals surface area contributed by atoms with Gasteiger partial charge in [0.15, 0.2) is 5.78 Å². The highest BCUT2D eigenvalue weighted by Gasteiger charge is 2.35. The maximum atomic E-state index is 12.7. The zero-order valence-corrected chi connectivity index (χ0v) is 13.3. The molecule has 20 heavy (non-hydrogen) atoms. The summed E-state index contributed by atoms with van der Waals surface area (Å²) in [6.45, 7) is 8.51. The van der Waals surface area contributed by atoms with Crippen LogP contribution < -0.4 is 4.74 Å². The van der Waals surface area contributed by atoms with Gasteiger partial charge < -0.3 is 9.47 Å². The van der Waals surface area contributed by atoms with E-state index in [0.29, 0.717) is 25.9 Å². The van der Waals surface area contributed by atoms with Gasteiger partial charge in [-0.15, -0.1) is 0 Å². The Kier molecular flexibility index (Phi) is 6.21. The van der Waals surface area contributed by atoms with Crippen LogP contribution in [0.2, 0.25) is 0 Å². The summed E-state index contributed by atoms with van der Waals surface area (Å²) in [5, 5.41) is 0. The molecule has 3 nitrogen and oxygen atoms in total. The van der Waals surface area contributed by atoms with E-state index in [-0.39, 0.29) is 5.78 Å². The second-order valence-electron chi connectivity index (χ2n) is 5.05. The molecule has 112 valence electrons. The summed E-state index contributed by atoms with van der Waals surface area (Å²) in [6, 6.07) is 5.92. The molecule has 3 heteroatoms. The van der Waals surface area contributed by atoms with Crippen LogP contribution in [-0.4, -0.2) is 25.1 Å². The Hall–Kier alpha value is -1.35. The van der Waals surface area contributed by atoms with Gasteiger partial charge in [-0.2, -0.15) is 0 Å². The van der Waals surface area contributed by atoms with Gasteiger partial charge in [0.25, 0.3) is 0 Å². The van der Waals surface area contributed by atoms with Crippen molar-refractivity contribution in [2.24, 2.45) is 0 Å². The largest absolute Gasteiger partial charge is 0.496 e. The first-order valence-corrected chi connectivity index (χ1v) is 7.33. The maximum Gasteiger partial charge on any atom is 0.169 e. The predicted octanol–water partition coefficient (Wildman–Crippen LogP) is 3.71. The van der Waals surface area contributed by atoms with Gasteiger partial charge in [0, 0.05) is 18.6 Å². The normalized spacial score (nSPS) is 11.4. The fourth-order valence-corrected chi connectivity index (χ4v) is 2.58. The molecule has 0 saturated heterocycles. The second-order valence-corrected chi connectivity index (χ2v) is 5.05. The number of benzene rings is 1. The zero-order chi connectivity index (χ0) is 15.2. The molecule has 0 fully saturated rings. The molecule has 0 aliphatic carbocycles. The minimum Gasteiger partial charge on any atom is -0.496 e. The summed E-state index contributed by atoms with van der Waals surface area (Å²) in [5.41, 5.74) is 1.40. The monoisotopic (exact) mass is 278 g/mol. The number of carbonyl (C=O) groups excluding carboxylic acids is 1. The van der Waals surface area contributed by atoms with Crippen molar-refractivity contribution < 1.29 is 14.3 Å². The molecule has 0 atom stereocenters. The molecule has 1 aromatic rings. The Bertz CT molecular complexity index is 448. The highest BCUT2D eigenvalue weighted by atomic mass is 16.5. The van der Waals surface area contributed by atoms with E-state index in [0.717, 1.165) is 16.9 Å². The number of ether oxygens (including phenoxy) is 2. The average Bonchev–Trinajstić information content (AvgIpc) is 2.45. The first-order valence-electron chi connectivity index (χ1n) is 7.33. The van der Waals surface area contributed by atoms with E-state index in [1.165, 1.54) is 0 Å².